The first-order valence-corrected chi connectivity index (χ1v) is 6.84. The Balaban J connectivity index is 1.80. The van der Waals surface area contributed by atoms with Crippen LogP contribution in [-0.4, -0.2) is 21.1 Å². The molecule has 0 amide bonds. The number of hydrogen-bond acceptors (Lipinski definition) is 3. The van der Waals surface area contributed by atoms with Gasteiger partial charge in [0.25, 0.3) is 0 Å². The minimum atomic E-state index is 0.440. The Labute approximate surface area is 106 Å². The molecule has 1 aliphatic carbocycles. The van der Waals surface area contributed by atoms with Gasteiger partial charge in [-0.3, -0.25) is 4.98 Å². The monoisotopic (exact) mass is 242 g/mol. The van der Waals surface area contributed by atoms with Crippen molar-refractivity contribution in [3.05, 3.63) is 24.3 Å². The summed E-state index contributed by atoms with van der Waals surface area (Å²) < 4.78 is 2.21. The van der Waals surface area contributed by atoms with Gasteiger partial charge in [0, 0.05) is 13.2 Å². The van der Waals surface area contributed by atoms with E-state index < -0.39 is 0 Å². The van der Waals surface area contributed by atoms with Crippen molar-refractivity contribution in [1.82, 2.24) is 19.9 Å². The fourth-order valence-electron chi connectivity index (χ4n) is 3.80. The van der Waals surface area contributed by atoms with Gasteiger partial charge in [-0.05, 0) is 37.3 Å². The van der Waals surface area contributed by atoms with Crippen molar-refractivity contribution in [2.75, 3.05) is 6.54 Å². The van der Waals surface area contributed by atoms with Crippen LogP contribution in [0.2, 0.25) is 0 Å². The summed E-state index contributed by atoms with van der Waals surface area (Å²) in [4.78, 5) is 9.01. The maximum absolute atomic E-state index is 4.82. The van der Waals surface area contributed by atoms with E-state index in [0.717, 1.165) is 29.4 Å². The lowest BCUT2D eigenvalue weighted by molar-refractivity contribution is 0.402. The topological polar surface area (TPSA) is 42.7 Å². The highest BCUT2D eigenvalue weighted by Gasteiger charge is 2.41. The van der Waals surface area contributed by atoms with Crippen LogP contribution in [0.25, 0.3) is 11.0 Å². The molecule has 4 rings (SSSR count). The average molecular weight is 242 g/mol. The molecule has 3 atom stereocenters. The van der Waals surface area contributed by atoms with Crippen molar-refractivity contribution in [1.29, 1.82) is 0 Å². The lowest BCUT2D eigenvalue weighted by atomic mass is 9.94. The van der Waals surface area contributed by atoms with E-state index in [1.165, 1.54) is 25.1 Å². The van der Waals surface area contributed by atoms with E-state index in [4.69, 9.17) is 4.98 Å². The average Bonchev–Trinajstić information content (AvgIpc) is 3.04. The summed E-state index contributed by atoms with van der Waals surface area (Å²) in [6, 6.07) is 2.44. The predicted molar refractivity (Wildman–Crippen MR) is 70.1 cm³/mol. The molecule has 94 valence electrons. The van der Waals surface area contributed by atoms with E-state index in [1.54, 1.807) is 0 Å². The Morgan fingerprint density at radius 1 is 1.39 bits per heavy atom. The zero-order chi connectivity index (χ0) is 12.1. The molecule has 1 saturated carbocycles. The SMILES string of the molecule is Cn1c(C2NCC3CCCC32)nc2ccncc21. The van der Waals surface area contributed by atoms with Gasteiger partial charge < -0.3 is 9.88 Å². The van der Waals surface area contributed by atoms with Gasteiger partial charge in [0.2, 0.25) is 0 Å². The maximum atomic E-state index is 4.82. The molecule has 0 radical (unpaired) electrons. The standard InChI is InChI=1S/C14H18N4/c1-18-12-8-15-6-5-11(12)17-14(18)13-10-4-2-3-9(10)7-16-13/h5-6,8-10,13,16H,2-4,7H2,1H3. The molecule has 0 spiro atoms. The van der Waals surface area contributed by atoms with Crippen LogP contribution in [0, 0.1) is 11.8 Å². The molecule has 4 nitrogen and oxygen atoms in total. The first-order valence-electron chi connectivity index (χ1n) is 6.84. The molecule has 4 heteroatoms. The maximum Gasteiger partial charge on any atom is 0.127 e. The van der Waals surface area contributed by atoms with Gasteiger partial charge in [0.05, 0.1) is 23.3 Å². The first-order chi connectivity index (χ1) is 8.84. The third kappa shape index (κ3) is 1.35. The van der Waals surface area contributed by atoms with Crippen molar-refractivity contribution in [2.45, 2.75) is 25.3 Å². The molecule has 2 aromatic rings. The summed E-state index contributed by atoms with van der Waals surface area (Å²) in [5, 5.41) is 3.67. The van der Waals surface area contributed by atoms with Gasteiger partial charge in [-0.25, -0.2) is 4.98 Å². The normalized spacial score (nSPS) is 31.1. The summed E-state index contributed by atoms with van der Waals surface area (Å²) in [6.45, 7) is 1.16. The Bertz CT molecular complexity index is 588. The highest BCUT2D eigenvalue weighted by Crippen LogP contribution is 2.44. The third-order valence-electron chi connectivity index (χ3n) is 4.74. The number of nitrogens with zero attached hydrogens (tertiary/aromatic N) is 3. The molecule has 1 N–H and O–H groups in total. The zero-order valence-corrected chi connectivity index (χ0v) is 10.6. The lowest BCUT2D eigenvalue weighted by Gasteiger charge is -2.17. The van der Waals surface area contributed by atoms with Crippen LogP contribution in [-0.2, 0) is 7.05 Å². The molecule has 3 heterocycles. The van der Waals surface area contributed by atoms with Gasteiger partial charge in [0.15, 0.2) is 0 Å². The van der Waals surface area contributed by atoms with Gasteiger partial charge in [0.1, 0.15) is 5.82 Å². The molecule has 1 aliphatic heterocycles. The van der Waals surface area contributed by atoms with E-state index in [9.17, 15) is 0 Å². The summed E-state index contributed by atoms with van der Waals surface area (Å²) in [6.07, 6.45) is 7.86. The summed E-state index contributed by atoms with van der Waals surface area (Å²) in [7, 11) is 2.11. The molecular weight excluding hydrogens is 224 g/mol. The Morgan fingerprint density at radius 2 is 2.33 bits per heavy atom. The van der Waals surface area contributed by atoms with Gasteiger partial charge >= 0.3 is 0 Å². The van der Waals surface area contributed by atoms with Crippen LogP contribution in [0.4, 0.5) is 0 Å². The fraction of sp³-hybridized carbons (Fsp3) is 0.571. The van der Waals surface area contributed by atoms with E-state index in [1.807, 2.05) is 18.5 Å². The second kappa shape index (κ2) is 3.79. The van der Waals surface area contributed by atoms with Gasteiger partial charge in [-0.2, -0.15) is 0 Å². The van der Waals surface area contributed by atoms with Crippen LogP contribution in [0.15, 0.2) is 18.5 Å². The van der Waals surface area contributed by atoms with Crippen molar-refractivity contribution < 1.29 is 0 Å². The number of aryl methyl sites for hydroxylation is 1. The number of nitrogens with one attached hydrogen (secondary N) is 1. The molecule has 0 aromatic carbocycles. The Hall–Kier alpha value is -1.42. The third-order valence-corrected chi connectivity index (χ3v) is 4.74. The van der Waals surface area contributed by atoms with Gasteiger partial charge in [-0.15, -0.1) is 0 Å². The molecule has 18 heavy (non-hydrogen) atoms. The molecule has 1 saturated heterocycles. The van der Waals surface area contributed by atoms with Crippen molar-refractivity contribution in [3.63, 3.8) is 0 Å². The number of hydrogen-bond donors (Lipinski definition) is 1. The van der Waals surface area contributed by atoms with E-state index in [-0.39, 0.29) is 0 Å². The quantitative estimate of drug-likeness (QED) is 0.832. The molecule has 0 bridgehead atoms. The molecule has 3 unspecified atom stereocenters. The van der Waals surface area contributed by atoms with E-state index in [2.05, 4.69) is 21.9 Å². The minimum absolute atomic E-state index is 0.440. The fourth-order valence-corrected chi connectivity index (χ4v) is 3.80. The number of fused-ring (bicyclic) bond motifs is 2. The molecule has 2 aliphatic rings. The number of aromatic nitrogens is 3. The van der Waals surface area contributed by atoms with Gasteiger partial charge in [-0.1, -0.05) is 6.42 Å². The van der Waals surface area contributed by atoms with E-state index in [0.29, 0.717) is 6.04 Å². The molecule has 2 aromatic heterocycles. The largest absolute Gasteiger partial charge is 0.329 e. The Kier molecular flexibility index (Phi) is 2.21. The van der Waals surface area contributed by atoms with Crippen LogP contribution in [0.5, 0.6) is 0 Å². The number of rotatable bonds is 1. The predicted octanol–water partition coefficient (Wildman–Crippen LogP) is 2.03. The van der Waals surface area contributed by atoms with Crippen molar-refractivity contribution >= 4 is 11.0 Å². The van der Waals surface area contributed by atoms with Crippen LogP contribution < -0.4 is 5.32 Å². The minimum Gasteiger partial charge on any atom is -0.329 e. The lowest BCUT2D eigenvalue weighted by Crippen LogP contribution is -2.21. The first kappa shape index (κ1) is 10.5. The highest BCUT2D eigenvalue weighted by molar-refractivity contribution is 5.74. The number of imidazole rings is 1. The van der Waals surface area contributed by atoms with Crippen LogP contribution in [0.1, 0.15) is 31.1 Å². The second-order valence-corrected chi connectivity index (χ2v) is 5.63. The Morgan fingerprint density at radius 3 is 3.22 bits per heavy atom. The van der Waals surface area contributed by atoms with Crippen LogP contribution in [0.3, 0.4) is 0 Å². The summed E-state index contributed by atoms with van der Waals surface area (Å²) in [5.74, 6) is 2.84. The van der Waals surface area contributed by atoms with Crippen molar-refractivity contribution in [3.8, 4) is 0 Å². The molecule has 2 fully saturated rings. The number of pyridine rings is 1. The summed E-state index contributed by atoms with van der Waals surface area (Å²) >= 11 is 0. The zero-order valence-electron chi connectivity index (χ0n) is 10.6. The van der Waals surface area contributed by atoms with E-state index >= 15 is 0 Å². The smallest absolute Gasteiger partial charge is 0.127 e. The highest BCUT2D eigenvalue weighted by atomic mass is 15.1. The van der Waals surface area contributed by atoms with Crippen molar-refractivity contribution in [2.24, 2.45) is 18.9 Å². The summed E-state index contributed by atoms with van der Waals surface area (Å²) in [5.41, 5.74) is 2.20. The van der Waals surface area contributed by atoms with Crippen LogP contribution >= 0.6 is 0 Å². The second-order valence-electron chi connectivity index (χ2n) is 5.63. The molecular formula is C14H18N4.